The van der Waals surface area contributed by atoms with Crippen LogP contribution in [0.5, 0.6) is 0 Å². The van der Waals surface area contributed by atoms with Crippen molar-refractivity contribution in [2.75, 3.05) is 0 Å². The van der Waals surface area contributed by atoms with E-state index in [0.29, 0.717) is 0 Å². The zero-order valence-corrected chi connectivity index (χ0v) is 10.3. The van der Waals surface area contributed by atoms with Gasteiger partial charge in [0.05, 0.1) is 17.4 Å². The highest BCUT2D eigenvalue weighted by molar-refractivity contribution is 5.18. The first-order valence-corrected chi connectivity index (χ1v) is 5.89. The SMILES string of the molecule is CCn1nc(C)cc1C(N)Cc1ccncc1. The van der Waals surface area contributed by atoms with E-state index in [1.54, 1.807) is 12.4 Å². The fraction of sp³-hybridized carbons (Fsp3) is 0.385. The van der Waals surface area contributed by atoms with Gasteiger partial charge in [-0.05, 0) is 44.0 Å². The van der Waals surface area contributed by atoms with Crippen LogP contribution in [0, 0.1) is 6.92 Å². The normalized spacial score (nSPS) is 12.6. The third kappa shape index (κ3) is 2.71. The first kappa shape index (κ1) is 11.8. The van der Waals surface area contributed by atoms with E-state index in [4.69, 9.17) is 5.73 Å². The van der Waals surface area contributed by atoms with Crippen LogP contribution in [0.25, 0.3) is 0 Å². The Morgan fingerprint density at radius 1 is 1.35 bits per heavy atom. The second-order valence-corrected chi connectivity index (χ2v) is 4.19. The molecular weight excluding hydrogens is 212 g/mol. The molecule has 90 valence electrons. The van der Waals surface area contributed by atoms with Gasteiger partial charge >= 0.3 is 0 Å². The van der Waals surface area contributed by atoms with Crippen LogP contribution in [0.15, 0.2) is 30.6 Å². The molecule has 1 unspecified atom stereocenters. The monoisotopic (exact) mass is 230 g/mol. The fourth-order valence-corrected chi connectivity index (χ4v) is 1.99. The molecule has 0 aliphatic heterocycles. The van der Waals surface area contributed by atoms with Crippen molar-refractivity contribution in [1.82, 2.24) is 14.8 Å². The molecule has 0 saturated carbocycles. The lowest BCUT2D eigenvalue weighted by molar-refractivity contribution is 0.566. The molecule has 0 aromatic carbocycles. The molecule has 2 aromatic heterocycles. The Balaban J connectivity index is 2.17. The van der Waals surface area contributed by atoms with Crippen LogP contribution < -0.4 is 5.73 Å². The van der Waals surface area contributed by atoms with E-state index in [0.717, 1.165) is 24.4 Å². The van der Waals surface area contributed by atoms with Crippen LogP contribution in [0.3, 0.4) is 0 Å². The molecule has 2 rings (SSSR count). The summed E-state index contributed by atoms with van der Waals surface area (Å²) in [5.41, 5.74) is 9.56. The van der Waals surface area contributed by atoms with Gasteiger partial charge in [0, 0.05) is 18.9 Å². The molecule has 0 spiro atoms. The number of rotatable bonds is 4. The summed E-state index contributed by atoms with van der Waals surface area (Å²) < 4.78 is 1.97. The molecule has 0 fully saturated rings. The van der Waals surface area contributed by atoms with Gasteiger partial charge in [-0.1, -0.05) is 0 Å². The predicted molar refractivity (Wildman–Crippen MR) is 67.5 cm³/mol. The van der Waals surface area contributed by atoms with Crippen LogP contribution in [-0.4, -0.2) is 14.8 Å². The summed E-state index contributed by atoms with van der Waals surface area (Å²) in [4.78, 5) is 4.00. The molecule has 2 N–H and O–H groups in total. The Morgan fingerprint density at radius 3 is 2.71 bits per heavy atom. The van der Waals surface area contributed by atoms with Gasteiger partial charge in [-0.25, -0.2) is 0 Å². The van der Waals surface area contributed by atoms with Gasteiger partial charge in [-0.15, -0.1) is 0 Å². The molecular formula is C13H18N4. The predicted octanol–water partition coefficient (Wildman–Crippen LogP) is 1.85. The molecule has 1 atom stereocenters. The van der Waals surface area contributed by atoms with Crippen molar-refractivity contribution in [1.29, 1.82) is 0 Å². The standard InChI is InChI=1S/C13H18N4/c1-3-17-13(8-10(2)16-17)12(14)9-11-4-6-15-7-5-11/h4-8,12H,3,9,14H2,1-2H3. The van der Waals surface area contributed by atoms with Crippen LogP contribution in [0.1, 0.15) is 29.9 Å². The number of aromatic nitrogens is 3. The molecule has 0 radical (unpaired) electrons. The number of nitrogens with zero attached hydrogens (tertiary/aromatic N) is 3. The molecule has 2 aromatic rings. The Morgan fingerprint density at radius 2 is 2.06 bits per heavy atom. The molecule has 2 heterocycles. The van der Waals surface area contributed by atoms with E-state index in [-0.39, 0.29) is 6.04 Å². The maximum Gasteiger partial charge on any atom is 0.0597 e. The first-order chi connectivity index (χ1) is 8.20. The summed E-state index contributed by atoms with van der Waals surface area (Å²) in [6.45, 7) is 4.93. The molecule has 4 nitrogen and oxygen atoms in total. The summed E-state index contributed by atoms with van der Waals surface area (Å²) >= 11 is 0. The van der Waals surface area contributed by atoms with E-state index in [1.807, 2.05) is 23.7 Å². The van der Waals surface area contributed by atoms with E-state index in [9.17, 15) is 0 Å². The minimum atomic E-state index is -0.0152. The fourth-order valence-electron chi connectivity index (χ4n) is 1.99. The van der Waals surface area contributed by atoms with Crippen LogP contribution in [-0.2, 0) is 13.0 Å². The van der Waals surface area contributed by atoms with Gasteiger partial charge < -0.3 is 5.73 Å². The molecule has 0 saturated heterocycles. The maximum atomic E-state index is 6.24. The number of pyridine rings is 1. The first-order valence-electron chi connectivity index (χ1n) is 5.89. The Labute approximate surface area is 101 Å². The molecule has 0 aliphatic rings. The summed E-state index contributed by atoms with van der Waals surface area (Å²) in [5.74, 6) is 0. The second-order valence-electron chi connectivity index (χ2n) is 4.19. The third-order valence-electron chi connectivity index (χ3n) is 2.82. The smallest absolute Gasteiger partial charge is 0.0597 e. The summed E-state index contributed by atoms with van der Waals surface area (Å²) in [7, 11) is 0. The highest BCUT2D eigenvalue weighted by Crippen LogP contribution is 2.16. The van der Waals surface area contributed by atoms with E-state index < -0.39 is 0 Å². The van der Waals surface area contributed by atoms with E-state index in [1.165, 1.54) is 5.56 Å². The number of hydrogen-bond donors (Lipinski definition) is 1. The molecule has 0 aliphatic carbocycles. The molecule has 4 heteroatoms. The number of aryl methyl sites for hydroxylation is 2. The topological polar surface area (TPSA) is 56.7 Å². The zero-order valence-electron chi connectivity index (χ0n) is 10.3. The zero-order chi connectivity index (χ0) is 12.3. The largest absolute Gasteiger partial charge is 0.322 e. The Kier molecular flexibility index (Phi) is 3.54. The summed E-state index contributed by atoms with van der Waals surface area (Å²) in [5, 5.41) is 4.42. The van der Waals surface area contributed by atoms with Crippen molar-refractivity contribution in [2.24, 2.45) is 5.73 Å². The van der Waals surface area contributed by atoms with Gasteiger partial charge in [0.25, 0.3) is 0 Å². The van der Waals surface area contributed by atoms with Crippen molar-refractivity contribution in [3.63, 3.8) is 0 Å². The average Bonchev–Trinajstić information content (AvgIpc) is 2.72. The van der Waals surface area contributed by atoms with Gasteiger partial charge in [-0.2, -0.15) is 5.10 Å². The second kappa shape index (κ2) is 5.10. The van der Waals surface area contributed by atoms with Crippen molar-refractivity contribution in [3.8, 4) is 0 Å². The molecule has 0 amide bonds. The third-order valence-corrected chi connectivity index (χ3v) is 2.82. The Bertz CT molecular complexity index is 475. The van der Waals surface area contributed by atoms with Crippen molar-refractivity contribution in [3.05, 3.63) is 47.5 Å². The van der Waals surface area contributed by atoms with Gasteiger partial charge in [0.2, 0.25) is 0 Å². The van der Waals surface area contributed by atoms with Gasteiger partial charge in [-0.3, -0.25) is 9.67 Å². The maximum absolute atomic E-state index is 6.24. The lowest BCUT2D eigenvalue weighted by Gasteiger charge is -2.13. The van der Waals surface area contributed by atoms with Crippen LogP contribution >= 0.6 is 0 Å². The van der Waals surface area contributed by atoms with Crippen molar-refractivity contribution < 1.29 is 0 Å². The van der Waals surface area contributed by atoms with Crippen LogP contribution in [0.4, 0.5) is 0 Å². The number of hydrogen-bond acceptors (Lipinski definition) is 3. The molecule has 0 bridgehead atoms. The minimum absolute atomic E-state index is 0.0152. The average molecular weight is 230 g/mol. The lowest BCUT2D eigenvalue weighted by Crippen LogP contribution is -2.18. The summed E-state index contributed by atoms with van der Waals surface area (Å²) in [6.07, 6.45) is 4.41. The van der Waals surface area contributed by atoms with E-state index in [2.05, 4.69) is 23.1 Å². The molecule has 17 heavy (non-hydrogen) atoms. The van der Waals surface area contributed by atoms with Gasteiger partial charge in [0.1, 0.15) is 0 Å². The van der Waals surface area contributed by atoms with Crippen LogP contribution in [0.2, 0.25) is 0 Å². The van der Waals surface area contributed by atoms with Crippen molar-refractivity contribution in [2.45, 2.75) is 32.9 Å². The Hall–Kier alpha value is -1.68. The number of nitrogens with two attached hydrogens (primary N) is 1. The van der Waals surface area contributed by atoms with Crippen molar-refractivity contribution >= 4 is 0 Å². The highest BCUT2D eigenvalue weighted by atomic mass is 15.3. The quantitative estimate of drug-likeness (QED) is 0.872. The summed E-state index contributed by atoms with van der Waals surface area (Å²) in [6, 6.07) is 6.05. The minimum Gasteiger partial charge on any atom is -0.322 e. The van der Waals surface area contributed by atoms with Gasteiger partial charge in [0.15, 0.2) is 0 Å². The highest BCUT2D eigenvalue weighted by Gasteiger charge is 2.13. The van der Waals surface area contributed by atoms with E-state index >= 15 is 0 Å². The lowest BCUT2D eigenvalue weighted by atomic mass is 10.1.